The van der Waals surface area contributed by atoms with Gasteiger partial charge in [-0.3, -0.25) is 9.59 Å². The minimum absolute atomic E-state index is 0. The first-order chi connectivity index (χ1) is 15.3. The Kier molecular flexibility index (Phi) is 9.52. The minimum atomic E-state index is -1.40. The summed E-state index contributed by atoms with van der Waals surface area (Å²) < 4.78 is 1.87. The van der Waals surface area contributed by atoms with Crippen molar-refractivity contribution in [2.45, 2.75) is 12.8 Å². The van der Waals surface area contributed by atoms with Crippen LogP contribution in [0.5, 0.6) is 0 Å². The number of benzene rings is 2. The fourth-order valence-corrected chi connectivity index (χ4v) is 4.20. The van der Waals surface area contributed by atoms with Gasteiger partial charge in [-0.2, -0.15) is 0 Å². The normalized spacial score (nSPS) is 9.94. The Balaban J connectivity index is 0.000000227. The van der Waals surface area contributed by atoms with Gasteiger partial charge in [-0.25, -0.2) is 9.97 Å². The van der Waals surface area contributed by atoms with Gasteiger partial charge in [0.25, 0.3) is 0 Å². The number of aromatic nitrogens is 2. The summed E-state index contributed by atoms with van der Waals surface area (Å²) in [6.45, 7) is 0. The number of rotatable bonds is 6. The van der Waals surface area contributed by atoms with Gasteiger partial charge in [0.1, 0.15) is 0 Å². The molecule has 4 aromatic rings. The van der Waals surface area contributed by atoms with Crippen LogP contribution in [-0.4, -0.2) is 33.7 Å². The van der Waals surface area contributed by atoms with Crippen LogP contribution in [0.1, 0.15) is 12.8 Å². The molecule has 2 heterocycles. The van der Waals surface area contributed by atoms with Crippen molar-refractivity contribution in [1.29, 1.82) is 0 Å². The van der Waals surface area contributed by atoms with Gasteiger partial charge in [0, 0.05) is 0 Å². The molecule has 0 saturated carbocycles. The Morgan fingerprint density at radius 2 is 1.06 bits per heavy atom. The number of amides is 2. The number of hydrogen-bond acceptors (Lipinski definition) is 10. The van der Waals surface area contributed by atoms with Crippen LogP contribution in [0.3, 0.4) is 0 Å². The SMILES string of the molecule is O=C([O-])CC(=O)Nc1nc2ccccc2s1.O=C([O-])CC(=O)Nc1nc2ccccc2s1.[Zn+2]. The summed E-state index contributed by atoms with van der Waals surface area (Å²) in [5.74, 6) is -4.06. The summed E-state index contributed by atoms with van der Waals surface area (Å²) in [5, 5.41) is 26.0. The predicted octanol–water partition coefficient (Wildman–Crippen LogP) is 0.747. The van der Waals surface area contributed by atoms with E-state index in [-0.39, 0.29) is 19.5 Å². The molecule has 0 aliphatic carbocycles. The van der Waals surface area contributed by atoms with E-state index in [4.69, 9.17) is 0 Å². The smallest absolute Gasteiger partial charge is 0.550 e. The zero-order valence-corrected chi connectivity index (χ0v) is 21.5. The zero-order valence-electron chi connectivity index (χ0n) is 16.9. The fourth-order valence-electron chi connectivity index (χ4n) is 2.44. The number of para-hydroxylation sites is 2. The first kappa shape index (κ1) is 26.0. The second kappa shape index (κ2) is 12.1. The standard InChI is InChI=1S/2C10H8N2O3S.Zn/c2*13-8(5-9(14)15)12-10-11-6-3-1-2-4-7(6)16-10;/h2*1-4H,5H2,(H,14,15)(H,11,12,13);/q;;+2/p-2. The van der Waals surface area contributed by atoms with Gasteiger partial charge in [0.05, 0.1) is 45.2 Å². The zero-order chi connectivity index (χ0) is 23.1. The predicted molar refractivity (Wildman–Crippen MR) is 116 cm³/mol. The Morgan fingerprint density at radius 1 is 0.697 bits per heavy atom. The van der Waals surface area contributed by atoms with Gasteiger partial charge in [-0.15, -0.1) is 0 Å². The van der Waals surface area contributed by atoms with Crippen molar-refractivity contribution >= 4 is 77.1 Å². The second-order valence-electron chi connectivity index (χ2n) is 6.17. The molecule has 4 rings (SSSR count). The Bertz CT molecular complexity index is 1140. The number of carbonyl (C=O) groups is 4. The number of carbonyl (C=O) groups excluding carboxylic acids is 4. The van der Waals surface area contributed by atoms with Crippen molar-refractivity contribution in [3.05, 3.63) is 48.5 Å². The van der Waals surface area contributed by atoms with E-state index < -0.39 is 36.6 Å². The number of hydrogen-bond donors (Lipinski definition) is 2. The molecule has 2 amide bonds. The first-order valence-electron chi connectivity index (χ1n) is 9.00. The van der Waals surface area contributed by atoms with Gasteiger partial charge >= 0.3 is 19.5 Å². The van der Waals surface area contributed by atoms with Crippen molar-refractivity contribution in [2.75, 3.05) is 10.6 Å². The number of nitrogens with one attached hydrogen (secondary N) is 2. The van der Waals surface area contributed by atoms with Crippen LogP contribution < -0.4 is 20.8 Å². The van der Waals surface area contributed by atoms with E-state index in [0.29, 0.717) is 10.3 Å². The summed E-state index contributed by atoms with van der Waals surface area (Å²) in [6.07, 6.45) is -1.31. The third-order valence-corrected chi connectivity index (χ3v) is 5.59. The molecule has 0 atom stereocenters. The fraction of sp³-hybridized carbons (Fsp3) is 0.100. The molecule has 2 aromatic carbocycles. The molecule has 2 N–H and O–H groups in total. The second-order valence-corrected chi connectivity index (χ2v) is 8.23. The number of nitrogens with zero attached hydrogens (tertiary/aromatic N) is 2. The van der Waals surface area contributed by atoms with Crippen molar-refractivity contribution in [2.24, 2.45) is 0 Å². The summed E-state index contributed by atoms with van der Waals surface area (Å²) in [6, 6.07) is 14.8. The Hall–Kier alpha value is -3.28. The molecule has 0 aliphatic rings. The largest absolute Gasteiger partial charge is 2.00 e. The van der Waals surface area contributed by atoms with Crippen LogP contribution in [0.15, 0.2) is 48.5 Å². The van der Waals surface area contributed by atoms with Gasteiger partial charge in [0.2, 0.25) is 11.8 Å². The van der Waals surface area contributed by atoms with E-state index in [1.807, 2.05) is 48.5 Å². The molecule has 0 saturated heterocycles. The number of carboxylic acids is 2. The molecule has 2 aromatic heterocycles. The van der Waals surface area contributed by atoms with Crippen molar-refractivity contribution in [1.82, 2.24) is 9.97 Å². The van der Waals surface area contributed by atoms with Crippen molar-refractivity contribution < 1.29 is 48.9 Å². The van der Waals surface area contributed by atoms with E-state index in [1.165, 1.54) is 22.7 Å². The van der Waals surface area contributed by atoms with Crippen LogP contribution in [0.25, 0.3) is 20.4 Å². The Labute approximate surface area is 207 Å². The molecule has 13 heteroatoms. The maximum absolute atomic E-state index is 11.1. The van der Waals surface area contributed by atoms with Gasteiger partial charge < -0.3 is 30.4 Å². The van der Waals surface area contributed by atoms with E-state index >= 15 is 0 Å². The molecule has 0 fully saturated rings. The van der Waals surface area contributed by atoms with Crippen LogP contribution >= 0.6 is 22.7 Å². The molecule has 10 nitrogen and oxygen atoms in total. The molecular weight excluding hydrogens is 522 g/mol. The molecule has 0 spiro atoms. The van der Waals surface area contributed by atoms with Crippen molar-refractivity contribution in [3.8, 4) is 0 Å². The molecule has 0 unspecified atom stereocenters. The first-order valence-corrected chi connectivity index (χ1v) is 10.6. The quantitative estimate of drug-likeness (QED) is 0.270. The Morgan fingerprint density at radius 3 is 1.39 bits per heavy atom. The number of aliphatic carboxylic acids is 2. The maximum atomic E-state index is 11.1. The molecule has 0 aliphatic heterocycles. The number of anilines is 2. The molecule has 164 valence electrons. The molecular formula is C20H14N4O6S2Zn. The monoisotopic (exact) mass is 534 g/mol. The van der Waals surface area contributed by atoms with E-state index in [9.17, 15) is 29.4 Å². The maximum Gasteiger partial charge on any atom is 2.00 e. The minimum Gasteiger partial charge on any atom is -0.550 e. The number of thiazole rings is 2. The van der Waals surface area contributed by atoms with Gasteiger partial charge in [-0.1, -0.05) is 46.9 Å². The third kappa shape index (κ3) is 7.97. The average molecular weight is 536 g/mol. The van der Waals surface area contributed by atoms with Gasteiger partial charge in [0.15, 0.2) is 10.3 Å². The topological polar surface area (TPSA) is 164 Å². The van der Waals surface area contributed by atoms with E-state index in [1.54, 1.807) is 0 Å². The summed E-state index contributed by atoms with van der Waals surface area (Å²) >= 11 is 2.59. The van der Waals surface area contributed by atoms with Gasteiger partial charge in [-0.05, 0) is 24.3 Å². The third-order valence-electron chi connectivity index (χ3n) is 3.69. The number of carboxylic acid groups (broad SMARTS) is 2. The molecule has 33 heavy (non-hydrogen) atoms. The molecule has 0 radical (unpaired) electrons. The van der Waals surface area contributed by atoms with E-state index in [0.717, 1.165) is 20.4 Å². The van der Waals surface area contributed by atoms with Crippen LogP contribution in [0.2, 0.25) is 0 Å². The summed E-state index contributed by atoms with van der Waals surface area (Å²) in [7, 11) is 0. The average Bonchev–Trinajstić information content (AvgIpc) is 3.29. The molecule has 0 bridgehead atoms. The van der Waals surface area contributed by atoms with E-state index in [2.05, 4.69) is 20.6 Å². The summed E-state index contributed by atoms with van der Waals surface area (Å²) in [5.41, 5.74) is 1.55. The van der Waals surface area contributed by atoms with Crippen LogP contribution in [0.4, 0.5) is 10.3 Å². The summed E-state index contributed by atoms with van der Waals surface area (Å²) in [4.78, 5) is 50.9. The number of fused-ring (bicyclic) bond motifs is 2. The van der Waals surface area contributed by atoms with Crippen LogP contribution in [-0.2, 0) is 38.7 Å². The van der Waals surface area contributed by atoms with Crippen molar-refractivity contribution in [3.63, 3.8) is 0 Å². The van der Waals surface area contributed by atoms with Crippen LogP contribution in [0, 0.1) is 0 Å².